The van der Waals surface area contributed by atoms with Crippen molar-refractivity contribution in [3.8, 4) is 17.1 Å². The van der Waals surface area contributed by atoms with E-state index in [9.17, 15) is 19.5 Å². The molecule has 0 bridgehead atoms. The molecule has 3 aromatic rings. The van der Waals surface area contributed by atoms with E-state index in [0.29, 0.717) is 53.3 Å². The number of carbonyl (C=O) groups excluding carboxylic acids is 2. The molecule has 1 unspecified atom stereocenters. The van der Waals surface area contributed by atoms with Gasteiger partial charge in [0.05, 0.1) is 29.0 Å². The van der Waals surface area contributed by atoms with Crippen molar-refractivity contribution in [1.29, 1.82) is 0 Å². The van der Waals surface area contributed by atoms with Gasteiger partial charge in [-0.15, -0.1) is 0 Å². The van der Waals surface area contributed by atoms with Crippen LogP contribution in [0.4, 0.5) is 4.79 Å². The standard InChI is InChI=1S/C26H27N3O6/c1-4-9-27-25(32)35-14-7-8-20-16(10-14)15(5-2)17-12-29-21(22(17)28-20)11-19-18(23(29)30)13-34-24(31)26(19,33)6-3/h7-8,10-11,33H,4-6,9,12-13H2,1-3H3,(H,27,32). The van der Waals surface area contributed by atoms with Crippen LogP contribution in [0.3, 0.4) is 0 Å². The maximum atomic E-state index is 13.4. The molecular formula is C26H27N3O6. The zero-order chi connectivity index (χ0) is 24.9. The fourth-order valence-corrected chi connectivity index (χ4v) is 4.98. The lowest BCUT2D eigenvalue weighted by Gasteiger charge is -2.31. The summed E-state index contributed by atoms with van der Waals surface area (Å²) >= 11 is 0. The third kappa shape index (κ3) is 3.49. The van der Waals surface area contributed by atoms with Crippen molar-refractivity contribution in [3.63, 3.8) is 0 Å². The minimum absolute atomic E-state index is 0.0918. The highest BCUT2D eigenvalue weighted by Crippen LogP contribution is 2.40. The summed E-state index contributed by atoms with van der Waals surface area (Å²) in [5, 5.41) is 14.6. The summed E-state index contributed by atoms with van der Waals surface area (Å²) in [4.78, 5) is 42.6. The third-order valence-corrected chi connectivity index (χ3v) is 6.86. The monoisotopic (exact) mass is 477 g/mol. The fraction of sp³-hybridized carbons (Fsp3) is 0.385. The number of hydrogen-bond donors (Lipinski definition) is 2. The van der Waals surface area contributed by atoms with Crippen LogP contribution in [-0.4, -0.2) is 33.3 Å². The Balaban J connectivity index is 1.65. The number of hydrogen-bond acceptors (Lipinski definition) is 7. The highest BCUT2D eigenvalue weighted by atomic mass is 16.6. The minimum Gasteiger partial charge on any atom is -0.458 e. The number of fused-ring (bicyclic) bond motifs is 5. The highest BCUT2D eigenvalue weighted by molar-refractivity contribution is 5.90. The van der Waals surface area contributed by atoms with Crippen LogP contribution in [0.1, 0.15) is 55.9 Å². The predicted molar refractivity (Wildman–Crippen MR) is 128 cm³/mol. The molecule has 0 radical (unpaired) electrons. The number of esters is 1. The van der Waals surface area contributed by atoms with E-state index in [0.717, 1.165) is 22.9 Å². The second-order valence-corrected chi connectivity index (χ2v) is 8.87. The number of cyclic esters (lactones) is 1. The molecule has 2 N–H and O–H groups in total. The van der Waals surface area contributed by atoms with E-state index in [4.69, 9.17) is 14.5 Å². The van der Waals surface area contributed by atoms with E-state index in [1.807, 2.05) is 13.8 Å². The molecule has 9 heteroatoms. The molecule has 2 aliphatic rings. The Morgan fingerprint density at radius 2 is 2.03 bits per heavy atom. The van der Waals surface area contributed by atoms with Crippen molar-refractivity contribution < 1.29 is 24.2 Å². The summed E-state index contributed by atoms with van der Waals surface area (Å²) in [6.45, 7) is 6.35. The van der Waals surface area contributed by atoms with Crippen molar-refractivity contribution in [2.24, 2.45) is 0 Å². The van der Waals surface area contributed by atoms with E-state index >= 15 is 0 Å². The molecule has 0 spiro atoms. The summed E-state index contributed by atoms with van der Waals surface area (Å²) in [5.74, 6) is -0.333. The molecule has 0 saturated carbocycles. The van der Waals surface area contributed by atoms with Gasteiger partial charge < -0.3 is 24.5 Å². The third-order valence-electron chi connectivity index (χ3n) is 6.86. The largest absolute Gasteiger partial charge is 0.458 e. The molecule has 9 nitrogen and oxygen atoms in total. The number of ether oxygens (including phenoxy) is 2. The number of aromatic nitrogens is 2. The van der Waals surface area contributed by atoms with Gasteiger partial charge in [-0.2, -0.15) is 0 Å². The first-order valence-electron chi connectivity index (χ1n) is 11.9. The molecule has 1 amide bonds. The van der Waals surface area contributed by atoms with Gasteiger partial charge in [0.15, 0.2) is 5.60 Å². The highest BCUT2D eigenvalue weighted by Gasteiger charge is 2.45. The normalized spacial score (nSPS) is 18.0. The zero-order valence-electron chi connectivity index (χ0n) is 19.9. The lowest BCUT2D eigenvalue weighted by Crippen LogP contribution is -2.44. The molecule has 5 rings (SSSR count). The van der Waals surface area contributed by atoms with Crippen LogP contribution >= 0.6 is 0 Å². The number of nitrogens with one attached hydrogen (secondary N) is 1. The van der Waals surface area contributed by atoms with E-state index in [1.165, 1.54) is 0 Å². The molecule has 1 aromatic carbocycles. The quantitative estimate of drug-likeness (QED) is 0.424. The molecule has 0 aliphatic carbocycles. The number of pyridine rings is 2. The van der Waals surface area contributed by atoms with Gasteiger partial charge >= 0.3 is 12.1 Å². The number of rotatable bonds is 5. The zero-order valence-corrected chi connectivity index (χ0v) is 19.9. The minimum atomic E-state index is -1.86. The summed E-state index contributed by atoms with van der Waals surface area (Å²) < 4.78 is 12.2. The van der Waals surface area contributed by atoms with Crippen LogP contribution in [0.25, 0.3) is 22.3 Å². The Morgan fingerprint density at radius 3 is 2.74 bits per heavy atom. The molecule has 2 aliphatic heterocycles. The molecule has 182 valence electrons. The van der Waals surface area contributed by atoms with E-state index in [2.05, 4.69) is 5.32 Å². The Morgan fingerprint density at radius 1 is 1.23 bits per heavy atom. The van der Waals surface area contributed by atoms with Gasteiger partial charge in [-0.1, -0.05) is 20.8 Å². The Kier molecular flexibility index (Phi) is 5.59. The molecule has 0 saturated heterocycles. The van der Waals surface area contributed by atoms with Crippen LogP contribution in [0, 0.1) is 0 Å². The summed E-state index contributed by atoms with van der Waals surface area (Å²) in [5.41, 5.74) is 2.26. The number of benzene rings is 1. The topological polar surface area (TPSA) is 120 Å². The van der Waals surface area contributed by atoms with E-state index < -0.39 is 17.7 Å². The maximum absolute atomic E-state index is 13.4. The maximum Gasteiger partial charge on any atom is 0.412 e. The SMILES string of the molecule is CCCNC(=O)Oc1ccc2nc3c(c(CC)c2c1)Cn1c-3cc2c(c1=O)COC(=O)C2(O)CC. The van der Waals surface area contributed by atoms with Crippen LogP contribution in [0.5, 0.6) is 5.75 Å². The molecule has 4 heterocycles. The van der Waals surface area contributed by atoms with Crippen LogP contribution in [0.15, 0.2) is 29.1 Å². The first kappa shape index (κ1) is 23.0. The van der Waals surface area contributed by atoms with Crippen LogP contribution in [-0.2, 0) is 34.7 Å². The fourth-order valence-electron chi connectivity index (χ4n) is 4.98. The number of amides is 1. The van der Waals surface area contributed by atoms with Crippen molar-refractivity contribution in [1.82, 2.24) is 14.9 Å². The number of aliphatic hydroxyl groups is 1. The average molecular weight is 478 g/mol. The van der Waals surface area contributed by atoms with Crippen molar-refractivity contribution in [2.45, 2.75) is 58.8 Å². The average Bonchev–Trinajstić information content (AvgIpc) is 3.22. The van der Waals surface area contributed by atoms with Crippen molar-refractivity contribution >= 4 is 23.0 Å². The van der Waals surface area contributed by atoms with Gasteiger partial charge in [0, 0.05) is 23.1 Å². The van der Waals surface area contributed by atoms with E-state index in [-0.39, 0.29) is 18.6 Å². The van der Waals surface area contributed by atoms with Gasteiger partial charge in [-0.05, 0) is 49.1 Å². The number of aryl methyl sites for hydroxylation is 1. The lowest BCUT2D eigenvalue weighted by atomic mass is 9.86. The van der Waals surface area contributed by atoms with Gasteiger partial charge in [0.1, 0.15) is 12.4 Å². The summed E-state index contributed by atoms with van der Waals surface area (Å²) in [7, 11) is 0. The molecule has 0 fully saturated rings. The van der Waals surface area contributed by atoms with Gasteiger partial charge in [0.2, 0.25) is 0 Å². The lowest BCUT2D eigenvalue weighted by molar-refractivity contribution is -0.172. The first-order valence-corrected chi connectivity index (χ1v) is 11.9. The van der Waals surface area contributed by atoms with Crippen molar-refractivity contribution in [2.75, 3.05) is 6.54 Å². The van der Waals surface area contributed by atoms with Gasteiger partial charge in [-0.3, -0.25) is 4.79 Å². The molecule has 35 heavy (non-hydrogen) atoms. The molecule has 2 aromatic heterocycles. The Bertz CT molecular complexity index is 1440. The van der Waals surface area contributed by atoms with Gasteiger partial charge in [-0.25, -0.2) is 14.6 Å². The number of nitrogens with zero attached hydrogens (tertiary/aromatic N) is 2. The molecular weight excluding hydrogens is 450 g/mol. The number of carbonyl (C=O) groups is 2. The van der Waals surface area contributed by atoms with Crippen LogP contribution < -0.4 is 15.6 Å². The Labute approximate surface area is 201 Å². The Hall–Kier alpha value is -3.72. The van der Waals surface area contributed by atoms with Crippen molar-refractivity contribution in [3.05, 3.63) is 56.9 Å². The second-order valence-electron chi connectivity index (χ2n) is 8.87. The van der Waals surface area contributed by atoms with Gasteiger partial charge in [0.25, 0.3) is 5.56 Å². The first-order chi connectivity index (χ1) is 16.8. The summed E-state index contributed by atoms with van der Waals surface area (Å²) in [6, 6.07) is 6.98. The smallest absolute Gasteiger partial charge is 0.412 e. The predicted octanol–water partition coefficient (Wildman–Crippen LogP) is 3.14. The van der Waals surface area contributed by atoms with E-state index in [1.54, 1.807) is 35.8 Å². The molecule has 1 atom stereocenters. The van der Waals surface area contributed by atoms with Crippen LogP contribution in [0.2, 0.25) is 0 Å². The summed E-state index contributed by atoms with van der Waals surface area (Å²) in [6.07, 6.45) is 1.06. The second kappa shape index (κ2) is 8.49.